The molecule has 0 saturated carbocycles. The van der Waals surface area contributed by atoms with E-state index in [-0.39, 0.29) is 0 Å². The van der Waals surface area contributed by atoms with Crippen molar-refractivity contribution in [1.29, 1.82) is 0 Å². The molecule has 0 atom stereocenters. The van der Waals surface area contributed by atoms with Gasteiger partial charge >= 0.3 is 0 Å². The van der Waals surface area contributed by atoms with E-state index in [1.54, 1.807) is 0 Å². The Kier molecular flexibility index (Phi) is 6.97. The molecule has 0 spiro atoms. The number of benzene rings is 5. The lowest BCUT2D eigenvalue weighted by molar-refractivity contribution is 1.27. The van der Waals surface area contributed by atoms with E-state index in [4.69, 9.17) is 0 Å². The van der Waals surface area contributed by atoms with Crippen LogP contribution in [0.2, 0.25) is 0 Å². The highest BCUT2D eigenvalue weighted by atomic mass is 15.1. The van der Waals surface area contributed by atoms with Gasteiger partial charge in [-0.05, 0) is 52.6 Å². The Hall–Kier alpha value is -4.62. The van der Waals surface area contributed by atoms with Gasteiger partial charge < -0.3 is 4.90 Å². The van der Waals surface area contributed by atoms with Gasteiger partial charge in [-0.15, -0.1) is 0 Å². The van der Waals surface area contributed by atoms with Gasteiger partial charge in [-0.1, -0.05) is 133 Å². The molecule has 0 aromatic heterocycles. The largest absolute Gasteiger partial charge is 0.310 e. The maximum absolute atomic E-state index is 2.32. The minimum atomic E-state index is 1.12. The van der Waals surface area contributed by atoms with Gasteiger partial charge in [-0.25, -0.2) is 0 Å². The Morgan fingerprint density at radius 2 is 0.800 bits per heavy atom. The second-order valence-electron chi connectivity index (χ2n) is 8.31. The molecule has 35 heavy (non-hydrogen) atoms. The highest BCUT2D eigenvalue weighted by Gasteiger charge is 2.15. The minimum Gasteiger partial charge on any atom is -0.310 e. The quantitative estimate of drug-likeness (QED) is 0.224. The summed E-state index contributed by atoms with van der Waals surface area (Å²) < 4.78 is 0. The predicted molar refractivity (Wildman–Crippen MR) is 152 cm³/mol. The molecule has 168 valence electrons. The van der Waals surface area contributed by atoms with Crippen molar-refractivity contribution >= 4 is 41.4 Å². The van der Waals surface area contributed by atoms with Crippen LogP contribution in [-0.2, 0) is 0 Å². The van der Waals surface area contributed by atoms with E-state index >= 15 is 0 Å². The number of hydrogen-bond donors (Lipinski definition) is 0. The monoisotopic (exact) mass is 449 g/mol. The molecule has 1 nitrogen and oxygen atoms in total. The van der Waals surface area contributed by atoms with Crippen molar-refractivity contribution in [2.45, 2.75) is 0 Å². The van der Waals surface area contributed by atoms with Crippen molar-refractivity contribution in [3.8, 4) is 0 Å². The topological polar surface area (TPSA) is 3.24 Å². The van der Waals surface area contributed by atoms with Crippen LogP contribution in [0.25, 0.3) is 24.3 Å². The van der Waals surface area contributed by atoms with E-state index in [2.05, 4.69) is 157 Å². The summed E-state index contributed by atoms with van der Waals surface area (Å²) in [6.45, 7) is 0. The molecule has 0 N–H and O–H groups in total. The van der Waals surface area contributed by atoms with Crippen LogP contribution in [-0.4, -0.2) is 0 Å². The normalized spacial score (nSPS) is 11.2. The predicted octanol–water partition coefficient (Wildman–Crippen LogP) is 9.50. The van der Waals surface area contributed by atoms with Gasteiger partial charge in [-0.3, -0.25) is 0 Å². The van der Waals surface area contributed by atoms with Crippen LogP contribution < -0.4 is 4.90 Å². The maximum Gasteiger partial charge on any atom is 0.0539 e. The second kappa shape index (κ2) is 11.0. The first-order chi connectivity index (χ1) is 17.4. The van der Waals surface area contributed by atoms with E-state index in [1.807, 2.05) is 12.1 Å². The highest BCUT2D eigenvalue weighted by molar-refractivity contribution is 5.87. The summed E-state index contributed by atoms with van der Waals surface area (Å²) in [5.74, 6) is 0. The lowest BCUT2D eigenvalue weighted by atomic mass is 10.0. The van der Waals surface area contributed by atoms with E-state index in [0.717, 1.165) is 28.2 Å². The number of rotatable bonds is 7. The van der Waals surface area contributed by atoms with Gasteiger partial charge in [0.1, 0.15) is 0 Å². The zero-order valence-corrected chi connectivity index (χ0v) is 19.5. The summed E-state index contributed by atoms with van der Waals surface area (Å²) in [6, 6.07) is 48.6. The first-order valence-electron chi connectivity index (χ1n) is 11.9. The smallest absolute Gasteiger partial charge is 0.0539 e. The van der Waals surface area contributed by atoms with Crippen LogP contribution in [0.1, 0.15) is 22.3 Å². The lowest BCUT2D eigenvalue weighted by Gasteiger charge is -2.27. The summed E-state index contributed by atoms with van der Waals surface area (Å²) in [6.07, 6.45) is 8.71. The van der Waals surface area contributed by atoms with Gasteiger partial charge in [0.2, 0.25) is 0 Å². The molecule has 0 radical (unpaired) electrons. The first kappa shape index (κ1) is 22.2. The molecule has 0 saturated heterocycles. The van der Waals surface area contributed by atoms with Crippen LogP contribution in [0.4, 0.5) is 17.1 Å². The Labute approximate surface area is 208 Å². The van der Waals surface area contributed by atoms with Crippen molar-refractivity contribution in [3.05, 3.63) is 162 Å². The molecule has 0 fully saturated rings. The number of anilines is 3. The minimum absolute atomic E-state index is 1.12. The summed E-state index contributed by atoms with van der Waals surface area (Å²) in [4.78, 5) is 2.32. The van der Waals surface area contributed by atoms with Crippen molar-refractivity contribution in [3.63, 3.8) is 0 Å². The SMILES string of the molecule is C(=Cc1ccc(C=Cc2ccccc2)c(N(c2ccccc2)c2ccccc2)c1)c1ccccc1. The second-order valence-corrected chi connectivity index (χ2v) is 8.31. The van der Waals surface area contributed by atoms with Crippen molar-refractivity contribution < 1.29 is 0 Å². The fraction of sp³-hybridized carbons (Fsp3) is 0. The third-order valence-electron chi connectivity index (χ3n) is 5.85. The molecule has 5 rings (SSSR count). The zero-order chi connectivity index (χ0) is 23.7. The van der Waals surface area contributed by atoms with Crippen LogP contribution in [0.15, 0.2) is 140 Å². The van der Waals surface area contributed by atoms with Crippen LogP contribution >= 0.6 is 0 Å². The molecule has 0 aliphatic heterocycles. The van der Waals surface area contributed by atoms with Crippen molar-refractivity contribution in [2.75, 3.05) is 4.90 Å². The molecule has 0 bridgehead atoms. The summed E-state index contributed by atoms with van der Waals surface area (Å²) in [5.41, 5.74) is 8.04. The van der Waals surface area contributed by atoms with Gasteiger partial charge in [0.25, 0.3) is 0 Å². The fourth-order valence-corrected chi connectivity index (χ4v) is 4.09. The third kappa shape index (κ3) is 5.66. The molecule has 0 amide bonds. The number of hydrogen-bond acceptors (Lipinski definition) is 1. The Bertz CT molecular complexity index is 1360. The molecule has 1 heteroatoms. The molecule has 0 heterocycles. The molecule has 0 unspecified atom stereocenters. The third-order valence-corrected chi connectivity index (χ3v) is 5.85. The highest BCUT2D eigenvalue weighted by Crippen LogP contribution is 2.38. The standard InChI is InChI=1S/C34H27N/c1-5-13-28(14-6-1)21-22-30-24-26-31(25-23-29-15-7-2-8-16-29)34(27-30)35(32-17-9-3-10-18-32)33-19-11-4-12-20-33/h1-27H. The van der Waals surface area contributed by atoms with Gasteiger partial charge in [0.15, 0.2) is 0 Å². The number of para-hydroxylation sites is 2. The van der Waals surface area contributed by atoms with Crippen LogP contribution in [0.3, 0.4) is 0 Å². The molecular formula is C34H27N. The first-order valence-corrected chi connectivity index (χ1v) is 11.9. The Morgan fingerprint density at radius 1 is 0.371 bits per heavy atom. The molecule has 0 aliphatic carbocycles. The van der Waals surface area contributed by atoms with Crippen molar-refractivity contribution in [1.82, 2.24) is 0 Å². The summed E-state index contributed by atoms with van der Waals surface area (Å²) in [5, 5.41) is 0. The Morgan fingerprint density at radius 3 is 1.31 bits per heavy atom. The Balaban J connectivity index is 1.63. The average Bonchev–Trinajstić information content (AvgIpc) is 2.94. The lowest BCUT2D eigenvalue weighted by Crippen LogP contribution is -2.11. The van der Waals surface area contributed by atoms with E-state index in [9.17, 15) is 0 Å². The van der Waals surface area contributed by atoms with Gasteiger partial charge in [0.05, 0.1) is 5.69 Å². The van der Waals surface area contributed by atoms with E-state index in [1.165, 1.54) is 11.1 Å². The number of nitrogens with zero attached hydrogens (tertiary/aromatic N) is 1. The molecule has 5 aromatic carbocycles. The van der Waals surface area contributed by atoms with Crippen LogP contribution in [0.5, 0.6) is 0 Å². The van der Waals surface area contributed by atoms with E-state index in [0.29, 0.717) is 0 Å². The molecule has 0 aliphatic rings. The fourth-order valence-electron chi connectivity index (χ4n) is 4.09. The molecule has 5 aromatic rings. The summed E-state index contributed by atoms with van der Waals surface area (Å²) in [7, 11) is 0. The van der Waals surface area contributed by atoms with Gasteiger partial charge in [0, 0.05) is 11.4 Å². The average molecular weight is 450 g/mol. The van der Waals surface area contributed by atoms with Crippen LogP contribution in [0, 0.1) is 0 Å². The maximum atomic E-state index is 2.32. The van der Waals surface area contributed by atoms with Gasteiger partial charge in [-0.2, -0.15) is 0 Å². The van der Waals surface area contributed by atoms with Crippen molar-refractivity contribution in [2.24, 2.45) is 0 Å². The summed E-state index contributed by atoms with van der Waals surface area (Å²) >= 11 is 0. The van der Waals surface area contributed by atoms with E-state index < -0.39 is 0 Å². The molecular weight excluding hydrogens is 422 g/mol. The zero-order valence-electron chi connectivity index (χ0n) is 19.5.